The number of rotatable bonds is 5. The Balaban J connectivity index is 2.35. The summed E-state index contributed by atoms with van der Waals surface area (Å²) in [5.41, 5.74) is 0. The van der Waals surface area contributed by atoms with Gasteiger partial charge in [-0.2, -0.15) is 0 Å². The van der Waals surface area contributed by atoms with Gasteiger partial charge in [-0.15, -0.1) is 0 Å². The molecule has 1 heterocycles. The zero-order valence-corrected chi connectivity index (χ0v) is 11.6. The molecular formula is C13H24N2O3. The van der Waals surface area contributed by atoms with Crippen LogP contribution in [0, 0.1) is 0 Å². The maximum absolute atomic E-state index is 12.0. The van der Waals surface area contributed by atoms with Gasteiger partial charge in [0.05, 0.1) is 13.0 Å². The van der Waals surface area contributed by atoms with Gasteiger partial charge < -0.3 is 14.5 Å². The number of hydrogen-bond acceptors (Lipinski definition) is 4. The molecule has 0 N–H and O–H groups in total. The molecule has 1 fully saturated rings. The molecule has 0 saturated carbocycles. The highest BCUT2D eigenvalue weighted by molar-refractivity contribution is 5.81. The molecular weight excluding hydrogens is 232 g/mol. The van der Waals surface area contributed by atoms with Crippen molar-refractivity contribution >= 4 is 11.9 Å². The zero-order chi connectivity index (χ0) is 13.5. The minimum Gasteiger partial charge on any atom is -0.466 e. The van der Waals surface area contributed by atoms with E-state index in [4.69, 9.17) is 4.74 Å². The van der Waals surface area contributed by atoms with Crippen molar-refractivity contribution in [2.75, 3.05) is 33.8 Å². The van der Waals surface area contributed by atoms with Crippen LogP contribution in [0.3, 0.4) is 0 Å². The molecule has 1 rings (SSSR count). The molecule has 0 aliphatic carbocycles. The Hall–Kier alpha value is -1.10. The largest absolute Gasteiger partial charge is 0.466 e. The fourth-order valence-corrected chi connectivity index (χ4v) is 2.20. The van der Waals surface area contributed by atoms with Crippen molar-refractivity contribution in [1.29, 1.82) is 0 Å². The van der Waals surface area contributed by atoms with Gasteiger partial charge in [0.25, 0.3) is 0 Å². The lowest BCUT2D eigenvalue weighted by molar-refractivity contribution is -0.146. The lowest BCUT2D eigenvalue weighted by Crippen LogP contribution is -2.47. The monoisotopic (exact) mass is 256 g/mol. The number of nitrogens with zero attached hydrogens (tertiary/aromatic N) is 2. The Kier molecular flexibility index (Phi) is 6.12. The van der Waals surface area contributed by atoms with Gasteiger partial charge in [-0.25, -0.2) is 0 Å². The van der Waals surface area contributed by atoms with Crippen molar-refractivity contribution in [2.45, 2.75) is 38.6 Å². The third-order valence-electron chi connectivity index (χ3n) is 3.33. The molecule has 18 heavy (non-hydrogen) atoms. The molecule has 0 bridgehead atoms. The second kappa shape index (κ2) is 7.36. The number of piperidine rings is 1. The summed E-state index contributed by atoms with van der Waals surface area (Å²) >= 11 is 0. The van der Waals surface area contributed by atoms with Crippen molar-refractivity contribution in [2.24, 2.45) is 0 Å². The summed E-state index contributed by atoms with van der Waals surface area (Å²) in [5, 5.41) is 0. The molecule has 104 valence electrons. The van der Waals surface area contributed by atoms with Crippen LogP contribution in [0.5, 0.6) is 0 Å². The van der Waals surface area contributed by atoms with E-state index in [1.807, 2.05) is 19.0 Å². The molecule has 0 aromatic rings. The second-order valence-electron chi connectivity index (χ2n) is 4.90. The Morgan fingerprint density at radius 3 is 2.67 bits per heavy atom. The SMILES string of the molecule is CCOC(=O)CCC(=O)N1CCCC(N(C)C)C1. The molecule has 0 radical (unpaired) electrons. The number of likely N-dealkylation sites (N-methyl/N-ethyl adjacent to an activating group) is 1. The van der Waals surface area contributed by atoms with Crippen LogP contribution >= 0.6 is 0 Å². The Morgan fingerprint density at radius 1 is 1.33 bits per heavy atom. The average molecular weight is 256 g/mol. The van der Waals surface area contributed by atoms with E-state index in [2.05, 4.69) is 4.90 Å². The van der Waals surface area contributed by atoms with E-state index < -0.39 is 0 Å². The molecule has 0 aromatic heterocycles. The lowest BCUT2D eigenvalue weighted by atomic mass is 10.0. The molecule has 1 atom stereocenters. The van der Waals surface area contributed by atoms with Crippen LogP contribution in [-0.2, 0) is 14.3 Å². The smallest absolute Gasteiger partial charge is 0.306 e. The normalized spacial score (nSPS) is 20.0. The van der Waals surface area contributed by atoms with Crippen LogP contribution < -0.4 is 0 Å². The van der Waals surface area contributed by atoms with Gasteiger partial charge in [-0.05, 0) is 33.9 Å². The molecule has 1 unspecified atom stereocenters. The average Bonchev–Trinajstić information content (AvgIpc) is 2.36. The Morgan fingerprint density at radius 2 is 2.06 bits per heavy atom. The first-order valence-corrected chi connectivity index (χ1v) is 6.64. The van der Waals surface area contributed by atoms with Crippen LogP contribution in [0.1, 0.15) is 32.6 Å². The van der Waals surface area contributed by atoms with E-state index >= 15 is 0 Å². The summed E-state index contributed by atoms with van der Waals surface area (Å²) in [6.45, 7) is 3.73. The maximum atomic E-state index is 12.0. The Bertz CT molecular complexity index is 292. The predicted octanol–water partition coefficient (Wildman–Crippen LogP) is 0.882. The standard InChI is InChI=1S/C13H24N2O3/c1-4-18-13(17)8-7-12(16)15-9-5-6-11(10-15)14(2)3/h11H,4-10H2,1-3H3. The number of carbonyl (C=O) groups is 2. The maximum Gasteiger partial charge on any atom is 0.306 e. The quantitative estimate of drug-likeness (QED) is 0.685. The zero-order valence-electron chi connectivity index (χ0n) is 11.6. The number of ether oxygens (including phenoxy) is 1. The molecule has 1 aliphatic heterocycles. The van der Waals surface area contributed by atoms with E-state index in [9.17, 15) is 9.59 Å². The van der Waals surface area contributed by atoms with Crippen LogP contribution in [0.25, 0.3) is 0 Å². The van der Waals surface area contributed by atoms with E-state index in [0.29, 0.717) is 12.6 Å². The van der Waals surface area contributed by atoms with Crippen molar-refractivity contribution in [3.05, 3.63) is 0 Å². The highest BCUT2D eigenvalue weighted by Gasteiger charge is 2.24. The molecule has 5 heteroatoms. The van der Waals surface area contributed by atoms with Gasteiger partial charge in [0.15, 0.2) is 0 Å². The second-order valence-corrected chi connectivity index (χ2v) is 4.90. The highest BCUT2D eigenvalue weighted by Crippen LogP contribution is 2.15. The van der Waals surface area contributed by atoms with E-state index in [-0.39, 0.29) is 24.7 Å². The van der Waals surface area contributed by atoms with Crippen molar-refractivity contribution in [3.8, 4) is 0 Å². The van der Waals surface area contributed by atoms with Crippen molar-refractivity contribution < 1.29 is 14.3 Å². The first-order chi connectivity index (χ1) is 8.54. The fraction of sp³-hybridized carbons (Fsp3) is 0.846. The van der Waals surface area contributed by atoms with Crippen molar-refractivity contribution in [1.82, 2.24) is 9.80 Å². The van der Waals surface area contributed by atoms with Crippen LogP contribution in [0.2, 0.25) is 0 Å². The van der Waals surface area contributed by atoms with E-state index in [1.54, 1.807) is 6.92 Å². The number of esters is 1. The first-order valence-electron chi connectivity index (χ1n) is 6.64. The topological polar surface area (TPSA) is 49.9 Å². The molecule has 0 spiro atoms. The third kappa shape index (κ3) is 4.64. The minimum absolute atomic E-state index is 0.0644. The third-order valence-corrected chi connectivity index (χ3v) is 3.33. The fourth-order valence-electron chi connectivity index (χ4n) is 2.20. The lowest BCUT2D eigenvalue weighted by Gasteiger charge is -2.36. The number of hydrogen-bond donors (Lipinski definition) is 0. The summed E-state index contributed by atoms with van der Waals surface area (Å²) in [5.74, 6) is -0.221. The highest BCUT2D eigenvalue weighted by atomic mass is 16.5. The first kappa shape index (κ1) is 15.0. The summed E-state index contributed by atoms with van der Waals surface area (Å²) in [4.78, 5) is 27.2. The summed E-state index contributed by atoms with van der Waals surface area (Å²) in [7, 11) is 4.08. The number of amides is 1. The van der Waals surface area contributed by atoms with Gasteiger partial charge in [0.2, 0.25) is 5.91 Å². The van der Waals surface area contributed by atoms with Gasteiger partial charge >= 0.3 is 5.97 Å². The van der Waals surface area contributed by atoms with E-state index in [0.717, 1.165) is 25.9 Å². The molecule has 1 saturated heterocycles. The van der Waals surface area contributed by atoms with Crippen LogP contribution in [-0.4, -0.2) is 61.5 Å². The number of carbonyl (C=O) groups excluding carboxylic acids is 2. The molecule has 1 aliphatic rings. The summed E-state index contributed by atoms with van der Waals surface area (Å²) < 4.78 is 4.82. The molecule has 5 nitrogen and oxygen atoms in total. The van der Waals surface area contributed by atoms with Gasteiger partial charge in [0, 0.05) is 25.6 Å². The number of likely N-dealkylation sites (tertiary alicyclic amines) is 1. The minimum atomic E-state index is -0.285. The summed E-state index contributed by atoms with van der Waals surface area (Å²) in [6, 6.07) is 0.435. The van der Waals surface area contributed by atoms with Crippen LogP contribution in [0.15, 0.2) is 0 Å². The van der Waals surface area contributed by atoms with Crippen LogP contribution in [0.4, 0.5) is 0 Å². The Labute approximate surface area is 109 Å². The van der Waals surface area contributed by atoms with Gasteiger partial charge in [0.1, 0.15) is 0 Å². The predicted molar refractivity (Wildman–Crippen MR) is 69.2 cm³/mol. The van der Waals surface area contributed by atoms with Gasteiger partial charge in [-0.3, -0.25) is 9.59 Å². The molecule has 0 aromatic carbocycles. The van der Waals surface area contributed by atoms with E-state index in [1.165, 1.54) is 0 Å². The summed E-state index contributed by atoms with van der Waals surface area (Å²) in [6.07, 6.45) is 2.62. The molecule has 1 amide bonds. The van der Waals surface area contributed by atoms with Crippen molar-refractivity contribution in [3.63, 3.8) is 0 Å². The van der Waals surface area contributed by atoms with Gasteiger partial charge in [-0.1, -0.05) is 0 Å².